The number of aromatic nitrogens is 3. The zero-order chi connectivity index (χ0) is 36.7. The van der Waals surface area contributed by atoms with Crippen molar-refractivity contribution in [2.75, 3.05) is 39.2 Å². The quantitative estimate of drug-likeness (QED) is 0.172. The molecule has 0 spiro atoms. The molecule has 11 nitrogen and oxygen atoms in total. The van der Waals surface area contributed by atoms with Crippen LogP contribution in [0.3, 0.4) is 0 Å². The van der Waals surface area contributed by atoms with Gasteiger partial charge in [0.25, 0.3) is 5.56 Å². The Morgan fingerprint density at radius 1 is 1.10 bits per heavy atom. The van der Waals surface area contributed by atoms with Crippen molar-refractivity contribution in [3.05, 3.63) is 82.7 Å². The van der Waals surface area contributed by atoms with E-state index in [1.54, 1.807) is 46.1 Å². The van der Waals surface area contributed by atoms with Gasteiger partial charge in [0.15, 0.2) is 5.96 Å². The number of benzene rings is 2. The highest BCUT2D eigenvalue weighted by Gasteiger charge is 2.56. The first-order chi connectivity index (χ1) is 25.0. The first kappa shape index (κ1) is 35.4. The normalized spacial score (nSPS) is 24.0. The van der Waals surface area contributed by atoms with Crippen molar-refractivity contribution in [3.63, 3.8) is 0 Å². The molecule has 3 saturated carbocycles. The van der Waals surface area contributed by atoms with E-state index in [9.17, 15) is 14.0 Å². The summed E-state index contributed by atoms with van der Waals surface area (Å²) in [5.74, 6) is 2.99. The molecule has 0 radical (unpaired) electrons. The van der Waals surface area contributed by atoms with Gasteiger partial charge >= 0.3 is 6.09 Å². The van der Waals surface area contributed by atoms with Gasteiger partial charge in [-0.2, -0.15) is 0 Å². The molecule has 12 heteroatoms. The third-order valence-electron chi connectivity index (χ3n) is 11.9. The van der Waals surface area contributed by atoms with Gasteiger partial charge in [0.05, 0.1) is 31.2 Å². The number of aryl methyl sites for hydroxylation is 1. The topological polar surface area (TPSA) is 114 Å². The Morgan fingerprint density at radius 2 is 1.92 bits per heavy atom. The molecular formula is C40H48FN7O4. The van der Waals surface area contributed by atoms with E-state index >= 15 is 0 Å². The van der Waals surface area contributed by atoms with Gasteiger partial charge in [-0.15, -0.1) is 0 Å². The number of halogens is 1. The van der Waals surface area contributed by atoms with Gasteiger partial charge in [-0.25, -0.2) is 19.2 Å². The van der Waals surface area contributed by atoms with Crippen molar-refractivity contribution >= 4 is 28.6 Å². The summed E-state index contributed by atoms with van der Waals surface area (Å²) in [6.07, 6.45) is 5.62. The van der Waals surface area contributed by atoms with Crippen molar-refractivity contribution < 1.29 is 18.7 Å². The Balaban J connectivity index is 1.23. The van der Waals surface area contributed by atoms with Crippen molar-refractivity contribution in [2.45, 2.75) is 65.6 Å². The van der Waals surface area contributed by atoms with Crippen LogP contribution in [0.25, 0.3) is 22.3 Å². The minimum absolute atomic E-state index is 0.0746. The van der Waals surface area contributed by atoms with E-state index in [1.807, 2.05) is 25.1 Å². The number of aliphatic imine (C=N–C) groups is 1. The van der Waals surface area contributed by atoms with Crippen molar-refractivity contribution in [1.82, 2.24) is 24.3 Å². The Morgan fingerprint density at radius 3 is 2.60 bits per heavy atom. The van der Waals surface area contributed by atoms with Crippen molar-refractivity contribution in [1.29, 1.82) is 0 Å². The molecule has 2 aromatic heterocycles. The lowest BCUT2D eigenvalue weighted by Crippen LogP contribution is -2.58. The van der Waals surface area contributed by atoms with Crippen LogP contribution in [0.4, 0.5) is 14.9 Å². The van der Waals surface area contributed by atoms with Gasteiger partial charge < -0.3 is 24.6 Å². The van der Waals surface area contributed by atoms with Crippen LogP contribution in [-0.4, -0.2) is 82.3 Å². The van der Waals surface area contributed by atoms with Crippen LogP contribution >= 0.6 is 0 Å². The molecular weight excluding hydrogens is 661 g/mol. The average Bonchev–Trinajstić information content (AvgIpc) is 3.14. The lowest BCUT2D eigenvalue weighted by atomic mass is 9.45. The molecule has 8 rings (SSSR count). The van der Waals surface area contributed by atoms with Gasteiger partial charge in [-0.05, 0) is 91.3 Å². The van der Waals surface area contributed by atoms with Crippen LogP contribution in [-0.2, 0) is 17.7 Å². The molecule has 2 aromatic carbocycles. The number of fused-ring (bicyclic) bond motifs is 3. The third-order valence-corrected chi connectivity index (χ3v) is 11.9. The molecule has 1 saturated heterocycles. The largest absolute Gasteiger partial charge is 0.497 e. The third kappa shape index (κ3) is 6.59. The highest BCUT2D eigenvalue weighted by atomic mass is 19.1. The Hall–Kier alpha value is -5.00. The number of carbonyl (C=O) groups is 1. The lowest BCUT2D eigenvalue weighted by molar-refractivity contribution is -0.108. The molecule has 1 amide bonds. The summed E-state index contributed by atoms with van der Waals surface area (Å²) in [6.45, 7) is 11.1. The second-order valence-corrected chi connectivity index (χ2v) is 15.1. The molecule has 0 unspecified atom stereocenters. The second-order valence-electron chi connectivity index (χ2n) is 15.1. The highest BCUT2D eigenvalue weighted by molar-refractivity contribution is 5.96. The fraction of sp³-hybridized carbons (Fsp3) is 0.475. The summed E-state index contributed by atoms with van der Waals surface area (Å²) in [6, 6.07) is 14.1. The molecule has 52 heavy (non-hydrogen) atoms. The molecule has 3 heterocycles. The van der Waals surface area contributed by atoms with Gasteiger partial charge in [-0.3, -0.25) is 14.3 Å². The molecule has 3 aliphatic carbocycles. The molecule has 4 aromatic rings. The van der Waals surface area contributed by atoms with Gasteiger partial charge in [0, 0.05) is 61.9 Å². The Kier molecular flexibility index (Phi) is 9.67. The molecule has 2 bridgehead atoms. The number of carbonyl (C=O) groups excluding carboxylic acids is 1. The van der Waals surface area contributed by atoms with Crippen LogP contribution in [0, 0.1) is 29.0 Å². The predicted octanol–water partition coefficient (Wildman–Crippen LogP) is 6.46. The van der Waals surface area contributed by atoms with E-state index in [0.29, 0.717) is 76.4 Å². The number of hydrogen-bond donors (Lipinski definition) is 1. The summed E-state index contributed by atoms with van der Waals surface area (Å²) in [5, 5.41) is 4.08. The predicted molar refractivity (Wildman–Crippen MR) is 200 cm³/mol. The lowest BCUT2D eigenvalue weighted by Gasteiger charge is -2.61. The number of methoxy groups -OCH3 is 2. The maximum atomic E-state index is 14.9. The fourth-order valence-corrected chi connectivity index (χ4v) is 8.62. The summed E-state index contributed by atoms with van der Waals surface area (Å²) >= 11 is 0. The summed E-state index contributed by atoms with van der Waals surface area (Å²) in [5.41, 5.74) is 2.56. The van der Waals surface area contributed by atoms with E-state index in [-0.39, 0.29) is 42.5 Å². The van der Waals surface area contributed by atoms with Gasteiger partial charge in [0.2, 0.25) is 0 Å². The second kappa shape index (κ2) is 14.2. The van der Waals surface area contributed by atoms with Crippen LogP contribution in [0.2, 0.25) is 0 Å². The molecule has 4 aliphatic rings. The van der Waals surface area contributed by atoms with E-state index in [1.165, 1.54) is 26.7 Å². The first-order valence-electron chi connectivity index (χ1n) is 18.2. The molecule has 4 fully saturated rings. The molecule has 5 atom stereocenters. The number of pyridine rings is 1. The smallest absolute Gasteiger partial charge is 0.409 e. The highest BCUT2D eigenvalue weighted by Crippen LogP contribution is 2.61. The van der Waals surface area contributed by atoms with Crippen LogP contribution in [0.15, 0.2) is 70.7 Å². The number of piperazine rings is 1. The summed E-state index contributed by atoms with van der Waals surface area (Å²) < 4.78 is 26.7. The maximum absolute atomic E-state index is 14.9. The Labute approximate surface area is 303 Å². The molecule has 1 aliphatic heterocycles. The summed E-state index contributed by atoms with van der Waals surface area (Å²) in [7, 11) is 2.91. The molecule has 274 valence electrons. The van der Waals surface area contributed by atoms with E-state index in [0.717, 1.165) is 18.1 Å². The van der Waals surface area contributed by atoms with Crippen LogP contribution in [0.1, 0.15) is 46.1 Å². The molecule has 1 N–H and O–H groups in total. The number of anilines is 1. The summed E-state index contributed by atoms with van der Waals surface area (Å²) in [4.78, 5) is 45.3. The monoisotopic (exact) mass is 709 g/mol. The number of amides is 1. The van der Waals surface area contributed by atoms with E-state index in [2.05, 4.69) is 36.0 Å². The van der Waals surface area contributed by atoms with E-state index < -0.39 is 0 Å². The SMILES string of the molecule is COC(=O)N1CCN(C(=N[C@H]2C[C@@H]3C[C@H]([C@@H]2C)C3(C)C)Nc2ccc3c(=O)n(CCc4ccc(OC)cc4F)c(-c4cccnc4)nc3c2)C[C@@H]1C. The zero-order valence-electron chi connectivity index (χ0n) is 30.8. The first-order valence-corrected chi connectivity index (χ1v) is 18.2. The number of rotatable bonds is 7. The standard InChI is InChI=1S/C40H48FN7O4/c1-24-23-46(16-17-47(24)39(50)52-6)38(45-34-19-28-18-32(25(34)2)40(28,3)4)43-29-10-12-31-35(20-29)44-36(27-8-7-14-42-22-27)48(37(31)49)15-13-26-9-11-30(51-5)21-33(26)41/h7-12,14,20-22,24-25,28,32,34H,13,15-19,23H2,1-6H3,(H,43,45)/t24-,25-,28-,32+,34-/m0/s1. The van der Waals surface area contributed by atoms with Crippen LogP contribution < -0.4 is 15.6 Å². The fourth-order valence-electron chi connectivity index (χ4n) is 8.62. The number of nitrogens with one attached hydrogen (secondary N) is 1. The maximum Gasteiger partial charge on any atom is 0.409 e. The minimum Gasteiger partial charge on any atom is -0.497 e. The number of guanidine groups is 1. The van der Waals surface area contributed by atoms with Crippen LogP contribution in [0.5, 0.6) is 5.75 Å². The zero-order valence-corrected chi connectivity index (χ0v) is 30.8. The number of nitrogens with zero attached hydrogens (tertiary/aromatic N) is 6. The van der Waals surface area contributed by atoms with Gasteiger partial charge in [0.1, 0.15) is 17.4 Å². The minimum atomic E-state index is -0.387. The average molecular weight is 710 g/mol. The van der Waals surface area contributed by atoms with Crippen molar-refractivity contribution in [3.8, 4) is 17.1 Å². The van der Waals surface area contributed by atoms with E-state index in [4.69, 9.17) is 19.5 Å². The Bertz CT molecular complexity index is 2050. The van der Waals surface area contributed by atoms with Gasteiger partial charge in [-0.1, -0.05) is 26.8 Å². The van der Waals surface area contributed by atoms with Crippen molar-refractivity contribution in [2.24, 2.45) is 28.2 Å². The number of hydrogen-bond acceptors (Lipinski definition) is 7. The number of ether oxygens (including phenoxy) is 2.